The summed E-state index contributed by atoms with van der Waals surface area (Å²) in [6, 6.07) is 24.6. The number of carbonyl (C=O) groups is 1. The van der Waals surface area contributed by atoms with Crippen LogP contribution in [0.2, 0.25) is 0 Å². The second kappa shape index (κ2) is 8.72. The van der Waals surface area contributed by atoms with E-state index in [2.05, 4.69) is 5.32 Å². The summed E-state index contributed by atoms with van der Waals surface area (Å²) >= 11 is 0. The van der Waals surface area contributed by atoms with E-state index in [0.717, 1.165) is 11.1 Å². The fourth-order valence-corrected chi connectivity index (χ4v) is 2.73. The molecule has 0 heterocycles. The Morgan fingerprint density at radius 3 is 2.07 bits per heavy atom. The average Bonchev–Trinajstić information content (AvgIpc) is 2.73. The molecule has 0 saturated carbocycles. The van der Waals surface area contributed by atoms with E-state index in [4.69, 9.17) is 9.47 Å². The Hall–Kier alpha value is -3.53. The lowest BCUT2D eigenvalue weighted by Gasteiger charge is -2.12. The third-order valence-corrected chi connectivity index (χ3v) is 4.08. The van der Waals surface area contributed by atoms with Crippen molar-refractivity contribution in [3.63, 3.8) is 0 Å². The van der Waals surface area contributed by atoms with Gasteiger partial charge in [0.2, 0.25) is 0 Å². The third-order valence-electron chi connectivity index (χ3n) is 4.08. The van der Waals surface area contributed by atoms with E-state index >= 15 is 0 Å². The van der Waals surface area contributed by atoms with Crippen LogP contribution >= 0.6 is 0 Å². The summed E-state index contributed by atoms with van der Waals surface area (Å²) in [5, 5.41) is 2.94. The summed E-state index contributed by atoms with van der Waals surface area (Å²) in [6.07, 6.45) is 1.88. The maximum absolute atomic E-state index is 13.0. The van der Waals surface area contributed by atoms with Crippen molar-refractivity contribution < 1.29 is 14.3 Å². The fourth-order valence-electron chi connectivity index (χ4n) is 2.73. The fraction of sp³-hybridized carbons (Fsp3) is 0.0870. The molecule has 0 saturated heterocycles. The van der Waals surface area contributed by atoms with Crippen LogP contribution in [0.4, 0.5) is 5.69 Å². The van der Waals surface area contributed by atoms with Crippen molar-refractivity contribution in [1.29, 1.82) is 0 Å². The highest BCUT2D eigenvalue weighted by Crippen LogP contribution is 2.30. The summed E-state index contributed by atoms with van der Waals surface area (Å²) in [6.45, 7) is 0. The Kier molecular flexibility index (Phi) is 5.90. The third kappa shape index (κ3) is 4.55. The summed E-state index contributed by atoms with van der Waals surface area (Å²) < 4.78 is 10.6. The van der Waals surface area contributed by atoms with E-state index in [1.807, 2.05) is 66.7 Å². The van der Waals surface area contributed by atoms with Crippen LogP contribution in [0, 0.1) is 0 Å². The van der Waals surface area contributed by atoms with Gasteiger partial charge in [0.05, 0.1) is 14.2 Å². The van der Waals surface area contributed by atoms with Crippen LogP contribution < -0.4 is 14.8 Å². The molecular weight excluding hydrogens is 338 g/mol. The summed E-state index contributed by atoms with van der Waals surface area (Å²) in [5.74, 6) is 0.972. The molecule has 0 atom stereocenters. The first-order chi connectivity index (χ1) is 13.2. The zero-order valence-corrected chi connectivity index (χ0v) is 15.3. The molecule has 4 nitrogen and oxygen atoms in total. The van der Waals surface area contributed by atoms with Crippen LogP contribution in [0.3, 0.4) is 0 Å². The zero-order chi connectivity index (χ0) is 19.1. The molecule has 3 aromatic rings. The molecule has 0 radical (unpaired) electrons. The SMILES string of the molecule is COc1ccc(NC(=O)/C(=C/c2ccccc2)c2ccccc2)cc1OC. The monoisotopic (exact) mass is 359 g/mol. The van der Waals surface area contributed by atoms with E-state index in [0.29, 0.717) is 22.8 Å². The molecule has 27 heavy (non-hydrogen) atoms. The maximum atomic E-state index is 13.0. The minimum Gasteiger partial charge on any atom is -0.493 e. The van der Waals surface area contributed by atoms with Crippen molar-refractivity contribution in [2.75, 3.05) is 19.5 Å². The van der Waals surface area contributed by atoms with E-state index in [9.17, 15) is 4.79 Å². The van der Waals surface area contributed by atoms with Crippen molar-refractivity contribution in [2.45, 2.75) is 0 Å². The van der Waals surface area contributed by atoms with Gasteiger partial charge < -0.3 is 14.8 Å². The molecule has 3 aromatic carbocycles. The Labute approximate surface area is 159 Å². The number of amides is 1. The number of carbonyl (C=O) groups excluding carboxylic acids is 1. The number of hydrogen-bond acceptors (Lipinski definition) is 3. The van der Waals surface area contributed by atoms with Gasteiger partial charge in [0.1, 0.15) is 0 Å². The average molecular weight is 359 g/mol. The predicted molar refractivity (Wildman–Crippen MR) is 109 cm³/mol. The van der Waals surface area contributed by atoms with E-state index in [1.165, 1.54) is 0 Å². The van der Waals surface area contributed by atoms with Crippen LogP contribution in [-0.4, -0.2) is 20.1 Å². The van der Waals surface area contributed by atoms with Gasteiger partial charge in [-0.3, -0.25) is 4.79 Å². The quantitative estimate of drug-likeness (QED) is 0.504. The van der Waals surface area contributed by atoms with Crippen LogP contribution in [-0.2, 0) is 4.79 Å². The minimum atomic E-state index is -0.197. The number of anilines is 1. The van der Waals surface area contributed by atoms with Gasteiger partial charge in [-0.1, -0.05) is 60.7 Å². The van der Waals surface area contributed by atoms with Gasteiger partial charge >= 0.3 is 0 Å². The van der Waals surface area contributed by atoms with Gasteiger partial charge in [-0.2, -0.15) is 0 Å². The Morgan fingerprint density at radius 1 is 0.815 bits per heavy atom. The van der Waals surface area contributed by atoms with Crippen LogP contribution in [0.15, 0.2) is 78.9 Å². The summed E-state index contributed by atoms with van der Waals surface area (Å²) in [5.41, 5.74) is 3.02. The minimum absolute atomic E-state index is 0.197. The number of ether oxygens (including phenoxy) is 2. The summed E-state index contributed by atoms with van der Waals surface area (Å²) in [4.78, 5) is 13.0. The molecule has 0 unspecified atom stereocenters. The van der Waals surface area contributed by atoms with Crippen LogP contribution in [0.5, 0.6) is 11.5 Å². The molecule has 0 fully saturated rings. The Balaban J connectivity index is 1.93. The van der Waals surface area contributed by atoms with E-state index in [-0.39, 0.29) is 5.91 Å². The lowest BCUT2D eigenvalue weighted by molar-refractivity contribution is -0.111. The smallest absolute Gasteiger partial charge is 0.256 e. The van der Waals surface area contributed by atoms with Crippen molar-refractivity contribution >= 4 is 23.2 Å². The molecule has 1 N–H and O–H groups in total. The molecule has 0 aliphatic carbocycles. The molecule has 3 rings (SSSR count). The molecule has 0 aliphatic rings. The lowest BCUT2D eigenvalue weighted by atomic mass is 10.0. The second-order valence-electron chi connectivity index (χ2n) is 5.86. The highest BCUT2D eigenvalue weighted by molar-refractivity contribution is 6.29. The Bertz CT molecular complexity index is 934. The predicted octanol–water partition coefficient (Wildman–Crippen LogP) is 4.88. The van der Waals surface area contributed by atoms with Gasteiger partial charge in [-0.05, 0) is 29.3 Å². The number of rotatable bonds is 6. The molecular formula is C23H21NO3. The van der Waals surface area contributed by atoms with Crippen molar-refractivity contribution in [2.24, 2.45) is 0 Å². The van der Waals surface area contributed by atoms with Crippen molar-refractivity contribution in [3.8, 4) is 11.5 Å². The number of nitrogens with one attached hydrogen (secondary N) is 1. The zero-order valence-electron chi connectivity index (χ0n) is 15.3. The molecule has 136 valence electrons. The lowest BCUT2D eigenvalue weighted by Crippen LogP contribution is -2.13. The topological polar surface area (TPSA) is 47.6 Å². The normalized spacial score (nSPS) is 11.0. The van der Waals surface area contributed by atoms with Gasteiger partial charge in [-0.15, -0.1) is 0 Å². The van der Waals surface area contributed by atoms with Gasteiger partial charge in [0.25, 0.3) is 5.91 Å². The number of benzene rings is 3. The molecule has 0 spiro atoms. The largest absolute Gasteiger partial charge is 0.493 e. The van der Waals surface area contributed by atoms with E-state index < -0.39 is 0 Å². The molecule has 0 aliphatic heterocycles. The number of methoxy groups -OCH3 is 2. The summed E-state index contributed by atoms with van der Waals surface area (Å²) in [7, 11) is 3.14. The Morgan fingerprint density at radius 2 is 1.44 bits per heavy atom. The second-order valence-corrected chi connectivity index (χ2v) is 5.86. The molecule has 0 bridgehead atoms. The highest BCUT2D eigenvalue weighted by Gasteiger charge is 2.14. The standard InChI is InChI=1S/C23H21NO3/c1-26-21-14-13-19(16-22(21)27-2)24-23(25)20(18-11-7-4-8-12-18)15-17-9-5-3-6-10-17/h3-16H,1-2H3,(H,24,25)/b20-15+. The van der Waals surface area contributed by atoms with Gasteiger partial charge in [-0.25, -0.2) is 0 Å². The number of hydrogen-bond donors (Lipinski definition) is 1. The highest BCUT2D eigenvalue weighted by atomic mass is 16.5. The molecule has 1 amide bonds. The van der Waals surface area contributed by atoms with Crippen molar-refractivity contribution in [1.82, 2.24) is 0 Å². The first-order valence-electron chi connectivity index (χ1n) is 8.57. The molecule has 4 heteroatoms. The first kappa shape index (κ1) is 18.3. The van der Waals surface area contributed by atoms with Crippen molar-refractivity contribution in [3.05, 3.63) is 90.0 Å². The van der Waals surface area contributed by atoms with Gasteiger partial charge in [0, 0.05) is 17.3 Å². The van der Waals surface area contributed by atoms with Crippen LogP contribution in [0.25, 0.3) is 11.6 Å². The first-order valence-corrected chi connectivity index (χ1v) is 8.57. The van der Waals surface area contributed by atoms with E-state index in [1.54, 1.807) is 32.4 Å². The van der Waals surface area contributed by atoms with Crippen LogP contribution in [0.1, 0.15) is 11.1 Å². The maximum Gasteiger partial charge on any atom is 0.256 e. The molecule has 0 aromatic heterocycles. The van der Waals surface area contributed by atoms with Gasteiger partial charge in [0.15, 0.2) is 11.5 Å².